The highest BCUT2D eigenvalue weighted by Gasteiger charge is 2.46. The molecule has 0 spiro atoms. The molecule has 0 aliphatic rings. The molecule has 0 aromatic heterocycles. The lowest BCUT2D eigenvalue weighted by molar-refractivity contribution is -0.127. The van der Waals surface area contributed by atoms with Crippen molar-refractivity contribution in [2.75, 3.05) is 0 Å². The van der Waals surface area contributed by atoms with Gasteiger partial charge in [0, 0.05) is 18.4 Å². The van der Waals surface area contributed by atoms with Gasteiger partial charge in [-0.25, -0.2) is 0 Å². The van der Waals surface area contributed by atoms with Crippen molar-refractivity contribution in [3.63, 3.8) is 0 Å². The molecule has 3 nitrogen and oxygen atoms in total. The predicted octanol–water partition coefficient (Wildman–Crippen LogP) is 5.90. The number of aliphatic hydroxyl groups is 1. The van der Waals surface area contributed by atoms with Crippen LogP contribution in [-0.4, -0.2) is 25.3 Å². The molecule has 1 rings (SSSR count). The third-order valence-corrected chi connectivity index (χ3v) is 11.9. The molecule has 0 radical (unpaired) electrons. The molecule has 3 atom stereocenters. The van der Waals surface area contributed by atoms with Gasteiger partial charge in [-0.2, -0.15) is 0 Å². The number of aliphatic hydroxyl groups excluding tert-OH is 1. The number of hydrogen-bond acceptors (Lipinski definition) is 3. The van der Waals surface area contributed by atoms with Crippen LogP contribution in [0.5, 0.6) is 0 Å². The summed E-state index contributed by atoms with van der Waals surface area (Å²) in [5.41, 5.74) is 2.27. The van der Waals surface area contributed by atoms with Gasteiger partial charge in [0.25, 0.3) is 0 Å². The molecule has 0 saturated carbocycles. The molecule has 1 aromatic rings. The van der Waals surface area contributed by atoms with Crippen molar-refractivity contribution < 1.29 is 14.3 Å². The van der Waals surface area contributed by atoms with Gasteiger partial charge in [0.2, 0.25) is 8.32 Å². The quantitative estimate of drug-likeness (QED) is 0.516. The van der Waals surface area contributed by atoms with Gasteiger partial charge < -0.3 is 9.53 Å². The molecule has 0 aliphatic heterocycles. The molecule has 148 valence electrons. The monoisotopic (exact) mass is 378 g/mol. The van der Waals surface area contributed by atoms with Crippen LogP contribution in [0.2, 0.25) is 16.6 Å². The molecule has 0 amide bonds. The van der Waals surface area contributed by atoms with Crippen LogP contribution in [0.25, 0.3) is 0 Å². The van der Waals surface area contributed by atoms with Crippen molar-refractivity contribution in [2.45, 2.75) is 90.6 Å². The molecule has 1 N–H and O–H groups in total. The third kappa shape index (κ3) is 5.27. The van der Waals surface area contributed by atoms with Crippen molar-refractivity contribution in [3.05, 3.63) is 35.9 Å². The highest BCUT2D eigenvalue weighted by Crippen LogP contribution is 2.43. The predicted molar refractivity (Wildman–Crippen MR) is 112 cm³/mol. The highest BCUT2D eigenvalue weighted by atomic mass is 28.4. The number of rotatable bonds is 10. The molecule has 0 fully saturated rings. The van der Waals surface area contributed by atoms with Crippen LogP contribution in [0.3, 0.4) is 0 Å². The topological polar surface area (TPSA) is 46.5 Å². The van der Waals surface area contributed by atoms with Gasteiger partial charge in [-0.05, 0) is 29.1 Å². The number of carbonyl (C=O) groups excluding carboxylic acids is 1. The molecule has 0 aliphatic carbocycles. The summed E-state index contributed by atoms with van der Waals surface area (Å²) < 4.78 is 6.67. The van der Waals surface area contributed by atoms with E-state index in [-0.39, 0.29) is 11.9 Å². The molecule has 0 bridgehead atoms. The Morgan fingerprint density at radius 2 is 1.38 bits per heavy atom. The minimum atomic E-state index is -2.00. The van der Waals surface area contributed by atoms with E-state index in [1.807, 2.05) is 44.2 Å². The number of carbonyl (C=O) groups is 1. The normalized spacial score (nSPS) is 16.2. The van der Waals surface area contributed by atoms with E-state index in [1.165, 1.54) is 0 Å². The summed E-state index contributed by atoms with van der Waals surface area (Å²) in [4.78, 5) is 12.7. The Hall–Kier alpha value is -0.973. The maximum absolute atomic E-state index is 12.7. The fraction of sp³-hybridized carbons (Fsp3) is 0.682. The molecule has 4 heteroatoms. The van der Waals surface area contributed by atoms with Gasteiger partial charge in [-0.3, -0.25) is 4.79 Å². The first-order chi connectivity index (χ1) is 12.0. The van der Waals surface area contributed by atoms with Crippen LogP contribution >= 0.6 is 0 Å². The van der Waals surface area contributed by atoms with E-state index in [9.17, 15) is 9.90 Å². The lowest BCUT2D eigenvalue weighted by atomic mass is 9.91. The van der Waals surface area contributed by atoms with Crippen LogP contribution < -0.4 is 0 Å². The fourth-order valence-corrected chi connectivity index (χ4v) is 9.98. The van der Waals surface area contributed by atoms with Gasteiger partial charge in [-0.15, -0.1) is 0 Å². The van der Waals surface area contributed by atoms with E-state index in [0.717, 1.165) is 5.56 Å². The Balaban J connectivity index is 2.82. The van der Waals surface area contributed by atoms with Crippen LogP contribution in [0, 0.1) is 5.92 Å². The van der Waals surface area contributed by atoms with E-state index >= 15 is 0 Å². The smallest absolute Gasteiger partial charge is 0.200 e. The Labute approximate surface area is 161 Å². The van der Waals surface area contributed by atoms with Gasteiger partial charge in [0.05, 0.1) is 6.10 Å². The molecule has 0 saturated heterocycles. The fourth-order valence-electron chi connectivity index (χ4n) is 4.38. The number of benzene rings is 1. The van der Waals surface area contributed by atoms with Crippen LogP contribution in [0.1, 0.15) is 73.5 Å². The Morgan fingerprint density at radius 1 is 0.923 bits per heavy atom. The molecule has 1 aromatic carbocycles. The van der Waals surface area contributed by atoms with Gasteiger partial charge in [0.1, 0.15) is 5.78 Å². The lowest BCUT2D eigenvalue weighted by Gasteiger charge is -2.44. The standard InChI is InChI=1S/C22H38O3Si/c1-15(2)26(16(3)4,17(5)6)25-18(7)14-21(23)19(8)22(24)20-12-10-9-11-13-20/h9-13,15-19,22,24H,14H2,1-8H3/t18-,19+,22-/m1/s1. The Bertz CT molecular complexity index is 532. The zero-order valence-electron chi connectivity index (χ0n) is 17.8. The number of Topliss-reactive ketones (excluding diaryl/α,β-unsaturated/α-hetero) is 1. The first kappa shape index (κ1) is 23.1. The molecule has 26 heavy (non-hydrogen) atoms. The molecular formula is C22H38O3Si. The van der Waals surface area contributed by atoms with Crippen molar-refractivity contribution >= 4 is 14.1 Å². The molecule has 0 unspecified atom stereocenters. The van der Waals surface area contributed by atoms with Gasteiger partial charge >= 0.3 is 0 Å². The zero-order chi connectivity index (χ0) is 20.1. The summed E-state index contributed by atoms with van der Waals surface area (Å²) in [6.07, 6.45) is -0.531. The first-order valence-electron chi connectivity index (χ1n) is 9.97. The average Bonchev–Trinajstić information content (AvgIpc) is 2.57. The Morgan fingerprint density at radius 3 is 1.81 bits per heavy atom. The molecule has 0 heterocycles. The maximum atomic E-state index is 12.7. The maximum Gasteiger partial charge on any atom is 0.200 e. The largest absolute Gasteiger partial charge is 0.413 e. The zero-order valence-corrected chi connectivity index (χ0v) is 18.8. The van der Waals surface area contributed by atoms with E-state index < -0.39 is 20.3 Å². The van der Waals surface area contributed by atoms with E-state index in [2.05, 4.69) is 41.5 Å². The number of hydrogen-bond donors (Lipinski definition) is 1. The minimum Gasteiger partial charge on any atom is -0.413 e. The van der Waals surface area contributed by atoms with Gasteiger partial charge in [-0.1, -0.05) is 78.8 Å². The summed E-state index contributed by atoms with van der Waals surface area (Å²) in [6, 6.07) is 9.41. The Kier molecular flexibility index (Phi) is 8.71. The van der Waals surface area contributed by atoms with Gasteiger partial charge in [0.15, 0.2) is 0 Å². The summed E-state index contributed by atoms with van der Waals surface area (Å²) in [5.74, 6) is -0.371. The third-order valence-electron chi connectivity index (χ3n) is 5.72. The second-order valence-corrected chi connectivity index (χ2v) is 14.0. The van der Waals surface area contributed by atoms with E-state index in [4.69, 9.17) is 4.43 Å². The summed E-state index contributed by atoms with van der Waals surface area (Å²) in [5, 5.41) is 10.5. The summed E-state index contributed by atoms with van der Waals surface area (Å²) >= 11 is 0. The molecular weight excluding hydrogens is 340 g/mol. The average molecular weight is 379 g/mol. The second kappa shape index (κ2) is 9.82. The van der Waals surface area contributed by atoms with Crippen LogP contribution in [0.4, 0.5) is 0 Å². The first-order valence-corrected chi connectivity index (χ1v) is 12.1. The van der Waals surface area contributed by atoms with Crippen LogP contribution in [0.15, 0.2) is 30.3 Å². The summed E-state index contributed by atoms with van der Waals surface area (Å²) in [6.45, 7) is 17.3. The highest BCUT2D eigenvalue weighted by molar-refractivity contribution is 6.77. The van der Waals surface area contributed by atoms with E-state index in [0.29, 0.717) is 23.0 Å². The second-order valence-electron chi connectivity index (χ2n) is 8.56. The number of ketones is 1. The SMILES string of the molecule is CC(C)[Si](O[C@H](C)CC(=O)[C@H](C)[C@@H](O)c1ccccc1)(C(C)C)C(C)C. The summed E-state index contributed by atoms with van der Waals surface area (Å²) in [7, 11) is -2.00. The van der Waals surface area contributed by atoms with Crippen molar-refractivity contribution in [2.24, 2.45) is 5.92 Å². The van der Waals surface area contributed by atoms with Crippen molar-refractivity contribution in [1.29, 1.82) is 0 Å². The minimum absolute atomic E-state index is 0.0630. The van der Waals surface area contributed by atoms with E-state index in [1.54, 1.807) is 0 Å². The lowest BCUT2D eigenvalue weighted by Crippen LogP contribution is -2.50. The van der Waals surface area contributed by atoms with Crippen molar-refractivity contribution in [3.8, 4) is 0 Å². The van der Waals surface area contributed by atoms with Crippen molar-refractivity contribution in [1.82, 2.24) is 0 Å². The van der Waals surface area contributed by atoms with Crippen LogP contribution in [-0.2, 0) is 9.22 Å².